The lowest BCUT2D eigenvalue weighted by molar-refractivity contribution is -0.125. The van der Waals surface area contributed by atoms with Crippen molar-refractivity contribution in [3.05, 3.63) is 17.5 Å². The third-order valence-corrected chi connectivity index (χ3v) is 3.70. The molecule has 6 nitrogen and oxygen atoms in total. The number of amides is 2. The van der Waals surface area contributed by atoms with Gasteiger partial charge in [-0.3, -0.25) is 9.59 Å². The second-order valence-corrected chi connectivity index (χ2v) is 6.07. The number of nitrogens with two attached hydrogens (primary N) is 1. The summed E-state index contributed by atoms with van der Waals surface area (Å²) in [5.74, 6) is -0.0699. The zero-order chi connectivity index (χ0) is 14.3. The third kappa shape index (κ3) is 2.77. The Kier molecular flexibility index (Phi) is 3.12. The Bertz CT molecular complexity index is 515. The Morgan fingerprint density at radius 2 is 2.16 bits per heavy atom. The molecule has 0 unspecified atom stereocenters. The summed E-state index contributed by atoms with van der Waals surface area (Å²) in [5, 5.41) is 6.41. The molecule has 1 aromatic heterocycles. The lowest BCUT2D eigenvalue weighted by atomic mass is 9.93. The van der Waals surface area contributed by atoms with E-state index in [1.54, 1.807) is 19.9 Å². The van der Waals surface area contributed by atoms with Crippen LogP contribution in [-0.2, 0) is 10.2 Å². The van der Waals surface area contributed by atoms with Crippen molar-refractivity contribution in [2.24, 2.45) is 11.1 Å². The average Bonchev–Trinajstić information content (AvgIpc) is 2.91. The van der Waals surface area contributed by atoms with Crippen molar-refractivity contribution in [1.29, 1.82) is 0 Å². The average molecular weight is 265 g/mol. The molecule has 1 aliphatic carbocycles. The number of hydrogen-bond acceptors (Lipinski definition) is 4. The fourth-order valence-electron chi connectivity index (χ4n) is 1.58. The lowest BCUT2D eigenvalue weighted by Gasteiger charge is -2.20. The standard InChI is InChI=1S/C13H19N3O3/c1-12(2,11(14)18)7-15-10(17)8-6-9(19-16-8)13(3)4-5-13/h6H,4-5,7H2,1-3H3,(H2,14,18)(H,15,17). The molecule has 0 spiro atoms. The predicted molar refractivity (Wildman–Crippen MR) is 68.4 cm³/mol. The van der Waals surface area contributed by atoms with E-state index < -0.39 is 11.3 Å². The molecule has 2 amide bonds. The molecular formula is C13H19N3O3. The quantitative estimate of drug-likeness (QED) is 0.828. The molecule has 6 heteroatoms. The van der Waals surface area contributed by atoms with Crippen LogP contribution in [0.25, 0.3) is 0 Å². The van der Waals surface area contributed by atoms with Gasteiger partial charge in [-0.1, -0.05) is 12.1 Å². The molecule has 19 heavy (non-hydrogen) atoms. The van der Waals surface area contributed by atoms with Gasteiger partial charge in [-0.25, -0.2) is 0 Å². The van der Waals surface area contributed by atoms with Crippen LogP contribution in [0.5, 0.6) is 0 Å². The SMILES string of the molecule is CC(C)(CNC(=O)c1cc(C2(C)CC2)on1)C(N)=O. The first-order chi connectivity index (χ1) is 8.74. The third-order valence-electron chi connectivity index (χ3n) is 3.70. The number of carbonyl (C=O) groups is 2. The second kappa shape index (κ2) is 4.36. The van der Waals surface area contributed by atoms with Crippen molar-refractivity contribution >= 4 is 11.8 Å². The molecule has 0 aliphatic heterocycles. The molecule has 1 aliphatic rings. The predicted octanol–water partition coefficient (Wildman–Crippen LogP) is 0.967. The van der Waals surface area contributed by atoms with Gasteiger partial charge in [-0.05, 0) is 26.7 Å². The minimum Gasteiger partial charge on any atom is -0.369 e. The second-order valence-electron chi connectivity index (χ2n) is 6.07. The summed E-state index contributed by atoms with van der Waals surface area (Å²) in [5.41, 5.74) is 4.73. The molecule has 1 fully saturated rings. The maximum atomic E-state index is 11.9. The van der Waals surface area contributed by atoms with Gasteiger partial charge in [0.05, 0.1) is 5.41 Å². The highest BCUT2D eigenvalue weighted by atomic mass is 16.5. The Morgan fingerprint density at radius 3 is 2.68 bits per heavy atom. The van der Waals surface area contributed by atoms with Crippen LogP contribution in [0, 0.1) is 5.41 Å². The summed E-state index contributed by atoms with van der Waals surface area (Å²) in [6.45, 7) is 5.59. The van der Waals surface area contributed by atoms with Gasteiger partial charge in [0.15, 0.2) is 5.69 Å². The van der Waals surface area contributed by atoms with Crippen molar-refractivity contribution in [3.8, 4) is 0 Å². The van der Waals surface area contributed by atoms with Crippen LogP contribution in [0.4, 0.5) is 0 Å². The van der Waals surface area contributed by atoms with E-state index in [0.29, 0.717) is 0 Å². The van der Waals surface area contributed by atoms with Gasteiger partial charge >= 0.3 is 0 Å². The van der Waals surface area contributed by atoms with Crippen molar-refractivity contribution in [2.45, 2.75) is 39.0 Å². The summed E-state index contributed by atoms with van der Waals surface area (Å²) in [6, 6.07) is 1.67. The zero-order valence-corrected chi connectivity index (χ0v) is 11.4. The van der Waals surface area contributed by atoms with E-state index in [1.807, 2.05) is 0 Å². The normalized spacial score (nSPS) is 17.0. The highest BCUT2D eigenvalue weighted by molar-refractivity contribution is 5.92. The molecule has 104 valence electrons. The van der Waals surface area contributed by atoms with E-state index in [4.69, 9.17) is 10.3 Å². The molecule has 1 heterocycles. The largest absolute Gasteiger partial charge is 0.369 e. The molecular weight excluding hydrogens is 246 g/mol. The van der Waals surface area contributed by atoms with E-state index in [0.717, 1.165) is 18.6 Å². The van der Waals surface area contributed by atoms with Crippen molar-refractivity contribution < 1.29 is 14.1 Å². The molecule has 3 N–H and O–H groups in total. The van der Waals surface area contributed by atoms with E-state index in [2.05, 4.69) is 17.4 Å². The van der Waals surface area contributed by atoms with Crippen molar-refractivity contribution in [1.82, 2.24) is 10.5 Å². The number of nitrogens with zero attached hydrogens (tertiary/aromatic N) is 1. The first-order valence-electron chi connectivity index (χ1n) is 6.30. The summed E-state index contributed by atoms with van der Waals surface area (Å²) in [6.07, 6.45) is 2.11. The smallest absolute Gasteiger partial charge is 0.273 e. The van der Waals surface area contributed by atoms with Crippen LogP contribution >= 0.6 is 0 Å². The van der Waals surface area contributed by atoms with Gasteiger partial charge in [0.1, 0.15) is 5.76 Å². The lowest BCUT2D eigenvalue weighted by Crippen LogP contribution is -2.42. The van der Waals surface area contributed by atoms with E-state index in [9.17, 15) is 9.59 Å². The van der Waals surface area contributed by atoms with E-state index >= 15 is 0 Å². The summed E-state index contributed by atoms with van der Waals surface area (Å²) >= 11 is 0. The first-order valence-corrected chi connectivity index (χ1v) is 6.30. The van der Waals surface area contributed by atoms with Crippen LogP contribution in [0.3, 0.4) is 0 Å². The van der Waals surface area contributed by atoms with E-state index in [1.165, 1.54) is 0 Å². The summed E-state index contributed by atoms with van der Waals surface area (Å²) < 4.78 is 5.19. The molecule has 0 atom stereocenters. The number of rotatable bonds is 5. The Morgan fingerprint density at radius 1 is 1.53 bits per heavy atom. The Hall–Kier alpha value is -1.85. The Balaban J connectivity index is 1.97. The van der Waals surface area contributed by atoms with Crippen LogP contribution in [0.1, 0.15) is 49.9 Å². The minimum absolute atomic E-state index is 0.0397. The molecule has 0 radical (unpaired) electrons. The molecule has 1 saturated carbocycles. The highest BCUT2D eigenvalue weighted by Crippen LogP contribution is 2.47. The maximum Gasteiger partial charge on any atom is 0.273 e. The monoisotopic (exact) mass is 265 g/mol. The minimum atomic E-state index is -0.787. The number of primary amides is 1. The van der Waals surface area contributed by atoms with Gasteiger partial charge in [-0.2, -0.15) is 0 Å². The maximum absolute atomic E-state index is 11.9. The number of aromatic nitrogens is 1. The number of carbonyl (C=O) groups excluding carboxylic acids is 2. The molecule has 0 bridgehead atoms. The fourth-order valence-corrected chi connectivity index (χ4v) is 1.58. The van der Waals surface area contributed by atoms with Crippen LogP contribution in [0.2, 0.25) is 0 Å². The van der Waals surface area contributed by atoms with Gasteiger partial charge in [-0.15, -0.1) is 0 Å². The van der Waals surface area contributed by atoms with Gasteiger partial charge < -0.3 is 15.6 Å². The zero-order valence-electron chi connectivity index (χ0n) is 11.4. The van der Waals surface area contributed by atoms with Crippen LogP contribution in [-0.4, -0.2) is 23.5 Å². The van der Waals surface area contributed by atoms with Gasteiger partial charge in [0.2, 0.25) is 5.91 Å². The van der Waals surface area contributed by atoms with Crippen LogP contribution in [0.15, 0.2) is 10.6 Å². The van der Waals surface area contributed by atoms with Gasteiger partial charge in [0, 0.05) is 18.0 Å². The Labute approximate surface area is 111 Å². The topological polar surface area (TPSA) is 98.2 Å². The molecule has 1 aromatic rings. The summed E-state index contributed by atoms with van der Waals surface area (Å²) in [4.78, 5) is 23.0. The fraction of sp³-hybridized carbons (Fsp3) is 0.615. The number of nitrogens with one attached hydrogen (secondary N) is 1. The highest BCUT2D eigenvalue weighted by Gasteiger charge is 2.43. The van der Waals surface area contributed by atoms with Crippen molar-refractivity contribution in [2.75, 3.05) is 6.54 Å². The molecule has 0 aromatic carbocycles. The van der Waals surface area contributed by atoms with Crippen LogP contribution < -0.4 is 11.1 Å². The molecule has 0 saturated heterocycles. The number of hydrogen-bond donors (Lipinski definition) is 2. The molecule has 2 rings (SSSR count). The van der Waals surface area contributed by atoms with E-state index in [-0.39, 0.29) is 23.6 Å². The van der Waals surface area contributed by atoms with Crippen molar-refractivity contribution in [3.63, 3.8) is 0 Å². The first kappa shape index (κ1) is 13.6. The summed E-state index contributed by atoms with van der Waals surface area (Å²) in [7, 11) is 0. The van der Waals surface area contributed by atoms with Gasteiger partial charge in [0.25, 0.3) is 5.91 Å².